The minimum absolute atomic E-state index is 0.331. The highest BCUT2D eigenvalue weighted by atomic mass is 14.6. The summed E-state index contributed by atoms with van der Waals surface area (Å²) >= 11 is 0. The molecule has 0 aliphatic carbocycles. The standard InChI is InChI=1S/C17H12N4/c18-6-1-15-16(13-2-7-19-8-3-13)11-21-12-17(15)14-4-9-20-10-5-14/h2-5,7-12H,1H2. The maximum absolute atomic E-state index is 9.17. The number of rotatable bonds is 3. The number of aromatic nitrogens is 3. The Morgan fingerprint density at radius 3 is 1.67 bits per heavy atom. The third kappa shape index (κ3) is 2.63. The topological polar surface area (TPSA) is 62.5 Å². The van der Waals surface area contributed by atoms with Crippen LogP contribution in [0.3, 0.4) is 0 Å². The van der Waals surface area contributed by atoms with Gasteiger partial charge < -0.3 is 0 Å². The van der Waals surface area contributed by atoms with Gasteiger partial charge in [-0.05, 0) is 41.0 Å². The van der Waals surface area contributed by atoms with Crippen LogP contribution in [-0.4, -0.2) is 15.0 Å². The Morgan fingerprint density at radius 2 is 1.24 bits per heavy atom. The smallest absolute Gasteiger partial charge is 0.0670 e. The number of nitriles is 1. The predicted molar refractivity (Wildman–Crippen MR) is 80.0 cm³/mol. The molecule has 0 amide bonds. The lowest BCUT2D eigenvalue weighted by Crippen LogP contribution is -1.95. The summed E-state index contributed by atoms with van der Waals surface area (Å²) in [6.45, 7) is 0. The van der Waals surface area contributed by atoms with Gasteiger partial charge in [-0.2, -0.15) is 5.26 Å². The van der Waals surface area contributed by atoms with Crippen LogP contribution in [0.4, 0.5) is 0 Å². The third-order valence-corrected chi connectivity index (χ3v) is 3.30. The van der Waals surface area contributed by atoms with Gasteiger partial charge in [0.05, 0.1) is 12.5 Å². The van der Waals surface area contributed by atoms with Crippen LogP contribution < -0.4 is 0 Å². The number of nitrogens with zero attached hydrogens (tertiary/aromatic N) is 4. The molecule has 0 aromatic carbocycles. The Hall–Kier alpha value is -3.06. The van der Waals surface area contributed by atoms with Gasteiger partial charge in [0.15, 0.2) is 0 Å². The Bertz CT molecular complexity index is 719. The zero-order valence-corrected chi connectivity index (χ0v) is 11.3. The monoisotopic (exact) mass is 272 g/mol. The molecule has 0 aliphatic heterocycles. The Balaban J connectivity index is 2.21. The SMILES string of the molecule is N#CCc1c(-c2ccncc2)cncc1-c1ccncc1. The largest absolute Gasteiger partial charge is 0.265 e. The van der Waals surface area contributed by atoms with E-state index in [1.54, 1.807) is 37.2 Å². The quantitative estimate of drug-likeness (QED) is 0.734. The van der Waals surface area contributed by atoms with Crippen molar-refractivity contribution < 1.29 is 0 Å². The summed E-state index contributed by atoms with van der Waals surface area (Å²) in [5.41, 5.74) is 4.93. The molecule has 0 radical (unpaired) electrons. The first-order valence-corrected chi connectivity index (χ1v) is 6.55. The highest BCUT2D eigenvalue weighted by molar-refractivity contribution is 5.77. The molecule has 0 saturated carbocycles. The van der Waals surface area contributed by atoms with E-state index in [1.807, 2.05) is 24.3 Å². The second-order valence-corrected chi connectivity index (χ2v) is 4.52. The van der Waals surface area contributed by atoms with Crippen molar-refractivity contribution in [2.75, 3.05) is 0 Å². The molecule has 4 nitrogen and oxygen atoms in total. The Morgan fingerprint density at radius 1 is 0.762 bits per heavy atom. The van der Waals surface area contributed by atoms with Crippen LogP contribution in [0.15, 0.2) is 61.4 Å². The van der Waals surface area contributed by atoms with Crippen LogP contribution in [0.1, 0.15) is 5.56 Å². The fourth-order valence-electron chi connectivity index (χ4n) is 2.32. The molecule has 3 aromatic heterocycles. The van der Waals surface area contributed by atoms with Crippen LogP contribution in [-0.2, 0) is 6.42 Å². The van der Waals surface area contributed by atoms with Crippen molar-refractivity contribution >= 4 is 0 Å². The van der Waals surface area contributed by atoms with E-state index in [9.17, 15) is 0 Å². The average Bonchev–Trinajstić information content (AvgIpc) is 2.57. The van der Waals surface area contributed by atoms with Crippen molar-refractivity contribution in [1.29, 1.82) is 5.26 Å². The van der Waals surface area contributed by atoms with Gasteiger partial charge >= 0.3 is 0 Å². The first-order chi connectivity index (χ1) is 10.4. The van der Waals surface area contributed by atoms with Crippen LogP contribution >= 0.6 is 0 Å². The van der Waals surface area contributed by atoms with E-state index < -0.39 is 0 Å². The molecule has 100 valence electrons. The van der Waals surface area contributed by atoms with Gasteiger partial charge in [-0.15, -0.1) is 0 Å². The molecule has 21 heavy (non-hydrogen) atoms. The van der Waals surface area contributed by atoms with Crippen LogP contribution in [0, 0.1) is 11.3 Å². The van der Waals surface area contributed by atoms with Gasteiger partial charge in [-0.1, -0.05) is 0 Å². The lowest BCUT2D eigenvalue weighted by molar-refractivity contribution is 1.21. The first kappa shape index (κ1) is 12.9. The van der Waals surface area contributed by atoms with Gasteiger partial charge in [-0.25, -0.2) is 0 Å². The summed E-state index contributed by atoms with van der Waals surface area (Å²) in [6, 6.07) is 9.94. The predicted octanol–water partition coefficient (Wildman–Crippen LogP) is 3.27. The van der Waals surface area contributed by atoms with Crippen LogP contribution in [0.2, 0.25) is 0 Å². The van der Waals surface area contributed by atoms with Gasteiger partial charge in [0.1, 0.15) is 0 Å². The molecule has 3 heterocycles. The first-order valence-electron chi connectivity index (χ1n) is 6.55. The fourth-order valence-corrected chi connectivity index (χ4v) is 2.32. The summed E-state index contributed by atoms with van der Waals surface area (Å²) in [6.07, 6.45) is 10.9. The summed E-state index contributed by atoms with van der Waals surface area (Å²) in [4.78, 5) is 12.4. The van der Waals surface area contributed by atoms with Gasteiger partial charge in [0.25, 0.3) is 0 Å². The van der Waals surface area contributed by atoms with E-state index in [-0.39, 0.29) is 0 Å². The second-order valence-electron chi connectivity index (χ2n) is 4.52. The number of pyridine rings is 3. The van der Waals surface area contributed by atoms with Gasteiger partial charge in [0.2, 0.25) is 0 Å². The van der Waals surface area contributed by atoms with E-state index in [0.717, 1.165) is 27.8 Å². The zero-order valence-electron chi connectivity index (χ0n) is 11.3. The van der Waals surface area contributed by atoms with Gasteiger partial charge in [-0.3, -0.25) is 15.0 Å². The fraction of sp³-hybridized carbons (Fsp3) is 0.0588. The zero-order chi connectivity index (χ0) is 14.5. The third-order valence-electron chi connectivity index (χ3n) is 3.30. The lowest BCUT2D eigenvalue weighted by Gasteiger charge is -2.12. The molecule has 0 unspecified atom stereocenters. The maximum atomic E-state index is 9.17. The molecule has 0 aliphatic rings. The molecule has 0 N–H and O–H groups in total. The molecular weight excluding hydrogens is 260 g/mol. The van der Waals surface area contributed by atoms with Crippen LogP contribution in [0.25, 0.3) is 22.3 Å². The summed E-state index contributed by atoms with van der Waals surface area (Å²) < 4.78 is 0. The molecule has 0 fully saturated rings. The minimum atomic E-state index is 0.331. The summed E-state index contributed by atoms with van der Waals surface area (Å²) in [5.74, 6) is 0. The highest BCUT2D eigenvalue weighted by Crippen LogP contribution is 2.31. The maximum Gasteiger partial charge on any atom is 0.0670 e. The molecule has 3 rings (SSSR count). The second kappa shape index (κ2) is 5.93. The highest BCUT2D eigenvalue weighted by Gasteiger charge is 2.12. The summed E-state index contributed by atoms with van der Waals surface area (Å²) in [7, 11) is 0. The molecule has 0 saturated heterocycles. The number of hydrogen-bond donors (Lipinski definition) is 0. The normalized spacial score (nSPS) is 10.0. The van der Waals surface area contributed by atoms with Crippen molar-refractivity contribution in [1.82, 2.24) is 15.0 Å². The lowest BCUT2D eigenvalue weighted by atomic mass is 9.93. The molecule has 3 aromatic rings. The van der Waals surface area contributed by atoms with Crippen molar-refractivity contribution in [3.8, 4) is 28.3 Å². The Labute approximate surface area is 122 Å². The van der Waals surface area contributed by atoms with Crippen molar-refractivity contribution in [3.63, 3.8) is 0 Å². The van der Waals surface area contributed by atoms with Crippen molar-refractivity contribution in [3.05, 3.63) is 67.0 Å². The van der Waals surface area contributed by atoms with E-state index >= 15 is 0 Å². The molecule has 4 heteroatoms. The minimum Gasteiger partial charge on any atom is -0.265 e. The molecule has 0 atom stereocenters. The van der Waals surface area contributed by atoms with Crippen molar-refractivity contribution in [2.24, 2.45) is 0 Å². The number of hydrogen-bond acceptors (Lipinski definition) is 4. The van der Waals surface area contributed by atoms with Crippen molar-refractivity contribution in [2.45, 2.75) is 6.42 Å². The van der Waals surface area contributed by atoms with Crippen LogP contribution in [0.5, 0.6) is 0 Å². The molecule has 0 spiro atoms. The summed E-state index contributed by atoms with van der Waals surface area (Å²) in [5, 5.41) is 9.17. The van der Waals surface area contributed by atoms with Gasteiger partial charge in [0, 0.05) is 48.3 Å². The average molecular weight is 272 g/mol. The molecule has 0 bridgehead atoms. The van der Waals surface area contributed by atoms with E-state index in [2.05, 4.69) is 21.0 Å². The Kier molecular flexibility index (Phi) is 3.66. The van der Waals surface area contributed by atoms with E-state index in [1.165, 1.54) is 0 Å². The van der Waals surface area contributed by atoms with E-state index in [4.69, 9.17) is 5.26 Å². The molecular formula is C17H12N4. The van der Waals surface area contributed by atoms with E-state index in [0.29, 0.717) is 6.42 Å².